The summed E-state index contributed by atoms with van der Waals surface area (Å²) in [5, 5.41) is 24.1. The number of halogens is 1. The fraction of sp³-hybridized carbons (Fsp3) is 0.385. The van der Waals surface area contributed by atoms with Crippen molar-refractivity contribution in [3.8, 4) is 11.4 Å². The molecule has 1 amide bonds. The van der Waals surface area contributed by atoms with E-state index in [0.717, 1.165) is 5.56 Å². The van der Waals surface area contributed by atoms with Crippen LogP contribution in [-0.2, 0) is 4.79 Å². The number of carbonyl (C=O) groups excluding carboxylic acids is 1. The second kappa shape index (κ2) is 7.14. The first-order chi connectivity index (χ1) is 10.2. The molecule has 21 heavy (non-hydrogen) atoms. The van der Waals surface area contributed by atoms with Crippen LogP contribution in [0.4, 0.5) is 0 Å². The zero-order valence-electron chi connectivity index (χ0n) is 11.5. The van der Waals surface area contributed by atoms with Gasteiger partial charge < -0.3 is 10.4 Å². The van der Waals surface area contributed by atoms with Crippen LogP contribution in [0.2, 0.25) is 5.02 Å². The minimum Gasteiger partial charge on any atom is -0.395 e. The molecule has 1 unspecified atom stereocenters. The van der Waals surface area contributed by atoms with Crippen molar-refractivity contribution in [3.63, 3.8) is 0 Å². The van der Waals surface area contributed by atoms with E-state index in [4.69, 9.17) is 16.7 Å². The monoisotopic (exact) mass is 309 g/mol. The van der Waals surface area contributed by atoms with Crippen LogP contribution in [0.15, 0.2) is 24.3 Å². The van der Waals surface area contributed by atoms with E-state index in [0.29, 0.717) is 17.3 Å². The third-order valence-electron chi connectivity index (χ3n) is 2.91. The molecule has 0 aliphatic rings. The number of benzene rings is 1. The summed E-state index contributed by atoms with van der Waals surface area (Å²) in [6.07, 6.45) is 0.522. The van der Waals surface area contributed by atoms with Crippen LogP contribution >= 0.6 is 11.6 Å². The molecule has 1 heterocycles. The summed E-state index contributed by atoms with van der Waals surface area (Å²) in [5.74, 6) is 0.187. The van der Waals surface area contributed by atoms with Gasteiger partial charge in [0, 0.05) is 17.1 Å². The maximum absolute atomic E-state index is 12.0. The highest BCUT2D eigenvalue weighted by atomic mass is 35.5. The average Bonchev–Trinajstić information content (AvgIpc) is 2.96. The van der Waals surface area contributed by atoms with Gasteiger partial charge in [-0.3, -0.25) is 4.79 Å². The fourth-order valence-corrected chi connectivity index (χ4v) is 1.95. The summed E-state index contributed by atoms with van der Waals surface area (Å²) in [6, 6.07) is 6.50. The van der Waals surface area contributed by atoms with Crippen molar-refractivity contribution in [2.75, 3.05) is 13.2 Å². The first-order valence-electron chi connectivity index (χ1n) is 6.59. The summed E-state index contributed by atoms with van der Waals surface area (Å²) in [5.41, 5.74) is 0.774. The Hall–Kier alpha value is -1.99. The lowest BCUT2D eigenvalue weighted by molar-refractivity contribution is -0.125. The van der Waals surface area contributed by atoms with Crippen LogP contribution < -0.4 is 5.32 Å². The van der Waals surface area contributed by atoms with Gasteiger partial charge in [0.1, 0.15) is 0 Å². The van der Waals surface area contributed by atoms with Gasteiger partial charge in [-0.05, 0) is 35.9 Å². The van der Waals surface area contributed by atoms with E-state index < -0.39 is 6.04 Å². The third kappa shape index (κ3) is 3.77. The van der Waals surface area contributed by atoms with Gasteiger partial charge in [0.25, 0.3) is 0 Å². The zero-order chi connectivity index (χ0) is 15.2. The quantitative estimate of drug-likeness (QED) is 0.832. The Morgan fingerprint density at radius 1 is 1.43 bits per heavy atom. The Bertz CT molecular complexity index is 599. The summed E-state index contributed by atoms with van der Waals surface area (Å²) in [7, 11) is 0. The number of hydrogen-bond donors (Lipinski definition) is 2. The number of hydrogen-bond acceptors (Lipinski definition) is 5. The molecule has 0 aliphatic heterocycles. The second-order valence-electron chi connectivity index (χ2n) is 4.38. The van der Waals surface area contributed by atoms with Gasteiger partial charge in [-0.1, -0.05) is 18.5 Å². The number of aliphatic hydroxyl groups excluding tert-OH is 1. The van der Waals surface area contributed by atoms with Crippen molar-refractivity contribution in [2.45, 2.75) is 19.4 Å². The SMILES string of the molecule is CCC(C(=O)NCCO)n1nnc(-c2ccc(Cl)cc2)n1. The first kappa shape index (κ1) is 15.4. The number of nitrogens with zero attached hydrogens (tertiary/aromatic N) is 4. The molecule has 0 bridgehead atoms. The molecule has 0 spiro atoms. The number of aromatic nitrogens is 4. The lowest BCUT2D eigenvalue weighted by Gasteiger charge is -2.12. The largest absolute Gasteiger partial charge is 0.395 e. The number of carbonyl (C=O) groups is 1. The molecular weight excluding hydrogens is 294 g/mol. The van der Waals surface area contributed by atoms with Crippen LogP contribution in [0.3, 0.4) is 0 Å². The van der Waals surface area contributed by atoms with Crippen molar-refractivity contribution in [1.29, 1.82) is 0 Å². The van der Waals surface area contributed by atoms with Crippen LogP contribution in [0.5, 0.6) is 0 Å². The molecule has 8 heteroatoms. The normalized spacial score (nSPS) is 12.1. The molecule has 7 nitrogen and oxygen atoms in total. The van der Waals surface area contributed by atoms with Gasteiger partial charge in [-0.2, -0.15) is 4.80 Å². The first-order valence-corrected chi connectivity index (χ1v) is 6.97. The van der Waals surface area contributed by atoms with Gasteiger partial charge in [-0.25, -0.2) is 0 Å². The maximum Gasteiger partial charge on any atom is 0.246 e. The Labute approximate surface area is 126 Å². The van der Waals surface area contributed by atoms with Crippen LogP contribution in [0.1, 0.15) is 19.4 Å². The molecular formula is C13H16ClN5O2. The molecule has 2 aromatic rings. The standard InChI is InChI=1S/C13H16ClN5O2/c1-2-11(13(21)15-7-8-20)19-17-12(16-18-19)9-3-5-10(14)6-4-9/h3-6,11,20H,2,7-8H2,1H3,(H,15,21). The lowest BCUT2D eigenvalue weighted by Crippen LogP contribution is -2.35. The number of tetrazole rings is 1. The molecule has 1 aromatic heterocycles. The molecule has 0 saturated carbocycles. The molecule has 0 aliphatic carbocycles. The van der Waals surface area contributed by atoms with Crippen LogP contribution in [0.25, 0.3) is 11.4 Å². The molecule has 1 aromatic carbocycles. The van der Waals surface area contributed by atoms with Gasteiger partial charge in [0.15, 0.2) is 6.04 Å². The molecule has 0 fully saturated rings. The van der Waals surface area contributed by atoms with E-state index in [1.807, 2.05) is 6.92 Å². The second-order valence-corrected chi connectivity index (χ2v) is 4.82. The minimum absolute atomic E-state index is 0.108. The predicted octanol–water partition coefficient (Wildman–Crippen LogP) is 1.05. The summed E-state index contributed by atoms with van der Waals surface area (Å²) >= 11 is 5.83. The lowest BCUT2D eigenvalue weighted by atomic mass is 10.2. The molecule has 112 valence electrons. The van der Waals surface area contributed by atoms with E-state index in [1.54, 1.807) is 24.3 Å². The van der Waals surface area contributed by atoms with Crippen molar-refractivity contribution < 1.29 is 9.90 Å². The van der Waals surface area contributed by atoms with E-state index in [2.05, 4.69) is 20.7 Å². The zero-order valence-corrected chi connectivity index (χ0v) is 12.3. The topological polar surface area (TPSA) is 92.9 Å². The van der Waals surface area contributed by atoms with E-state index in [9.17, 15) is 4.79 Å². The van der Waals surface area contributed by atoms with Crippen molar-refractivity contribution >= 4 is 17.5 Å². The van der Waals surface area contributed by atoms with Gasteiger partial charge in [0.05, 0.1) is 6.61 Å². The van der Waals surface area contributed by atoms with E-state index in [-0.39, 0.29) is 19.1 Å². The van der Waals surface area contributed by atoms with Crippen LogP contribution in [-0.4, -0.2) is 44.4 Å². The Morgan fingerprint density at radius 2 is 2.14 bits per heavy atom. The minimum atomic E-state index is -0.551. The summed E-state index contributed by atoms with van der Waals surface area (Å²) in [4.78, 5) is 13.2. The third-order valence-corrected chi connectivity index (χ3v) is 3.16. The Morgan fingerprint density at radius 3 is 2.76 bits per heavy atom. The average molecular weight is 310 g/mol. The molecule has 2 N–H and O–H groups in total. The Kier molecular flexibility index (Phi) is 5.24. The molecule has 0 radical (unpaired) electrons. The highest BCUT2D eigenvalue weighted by molar-refractivity contribution is 6.30. The van der Waals surface area contributed by atoms with E-state index >= 15 is 0 Å². The van der Waals surface area contributed by atoms with Crippen molar-refractivity contribution in [3.05, 3.63) is 29.3 Å². The number of nitrogens with one attached hydrogen (secondary N) is 1. The smallest absolute Gasteiger partial charge is 0.246 e. The van der Waals surface area contributed by atoms with Crippen molar-refractivity contribution in [2.24, 2.45) is 0 Å². The van der Waals surface area contributed by atoms with Crippen molar-refractivity contribution in [1.82, 2.24) is 25.5 Å². The Balaban J connectivity index is 2.17. The van der Waals surface area contributed by atoms with Gasteiger partial charge in [0.2, 0.25) is 11.7 Å². The number of aliphatic hydroxyl groups is 1. The summed E-state index contributed by atoms with van der Waals surface area (Å²) < 4.78 is 0. The number of rotatable bonds is 6. The molecule has 1 atom stereocenters. The van der Waals surface area contributed by atoms with Gasteiger partial charge in [-0.15, -0.1) is 10.2 Å². The molecule has 0 saturated heterocycles. The summed E-state index contributed by atoms with van der Waals surface area (Å²) in [6.45, 7) is 1.95. The predicted molar refractivity (Wildman–Crippen MR) is 77.7 cm³/mol. The maximum atomic E-state index is 12.0. The number of amides is 1. The highest BCUT2D eigenvalue weighted by Gasteiger charge is 2.21. The van der Waals surface area contributed by atoms with E-state index in [1.165, 1.54) is 4.80 Å². The molecule has 2 rings (SSSR count). The van der Waals surface area contributed by atoms with Crippen LogP contribution in [0, 0.1) is 0 Å². The fourth-order valence-electron chi connectivity index (χ4n) is 1.82. The van der Waals surface area contributed by atoms with Gasteiger partial charge >= 0.3 is 0 Å². The highest BCUT2D eigenvalue weighted by Crippen LogP contribution is 2.18.